The molecule has 5 rings (SSSR count). The fourth-order valence-electron chi connectivity index (χ4n) is 4.87. The topological polar surface area (TPSA) is 123 Å². The van der Waals surface area contributed by atoms with E-state index in [0.717, 1.165) is 28.7 Å². The van der Waals surface area contributed by atoms with Crippen molar-refractivity contribution in [3.05, 3.63) is 92.8 Å². The number of carbonyl (C=O) groups excluding carboxylic acids is 4. The average Bonchev–Trinajstić information content (AvgIpc) is 3.35. The SMILES string of the molecule is CCOC(=O)c1c(NC(=O)C(=O)NN=Cc2c(OC(=O)c3ccc(Cl)cc3)ccc3ccccc23)sc2c1CCC(C)C2. The van der Waals surface area contributed by atoms with Crippen LogP contribution >= 0.6 is 22.9 Å². The number of amides is 2. The van der Waals surface area contributed by atoms with Crippen molar-refractivity contribution in [2.75, 3.05) is 11.9 Å². The minimum atomic E-state index is -1.04. The minimum absolute atomic E-state index is 0.188. The van der Waals surface area contributed by atoms with Gasteiger partial charge >= 0.3 is 23.8 Å². The lowest BCUT2D eigenvalue weighted by Crippen LogP contribution is -2.32. The Morgan fingerprint density at radius 3 is 2.56 bits per heavy atom. The van der Waals surface area contributed by atoms with Crippen LogP contribution < -0.4 is 15.5 Å². The smallest absolute Gasteiger partial charge is 0.343 e. The third-order valence-electron chi connectivity index (χ3n) is 7.00. The van der Waals surface area contributed by atoms with Gasteiger partial charge in [0.15, 0.2) is 0 Å². The van der Waals surface area contributed by atoms with Crippen molar-refractivity contribution in [2.45, 2.75) is 33.1 Å². The Kier molecular flexibility index (Phi) is 9.18. The van der Waals surface area contributed by atoms with Crippen LogP contribution in [-0.2, 0) is 27.2 Å². The number of nitrogens with one attached hydrogen (secondary N) is 2. The fraction of sp³-hybridized carbons (Fsp3) is 0.219. The summed E-state index contributed by atoms with van der Waals surface area (Å²) in [6.45, 7) is 4.03. The number of halogens is 1. The summed E-state index contributed by atoms with van der Waals surface area (Å²) in [5.74, 6) is -2.49. The third-order valence-corrected chi connectivity index (χ3v) is 8.42. The van der Waals surface area contributed by atoms with Crippen molar-refractivity contribution in [2.24, 2.45) is 11.0 Å². The lowest BCUT2D eigenvalue weighted by Gasteiger charge is -2.18. The van der Waals surface area contributed by atoms with Gasteiger partial charge in [-0.15, -0.1) is 11.3 Å². The summed E-state index contributed by atoms with van der Waals surface area (Å²) in [6.07, 6.45) is 3.72. The lowest BCUT2D eigenvalue weighted by molar-refractivity contribution is -0.136. The summed E-state index contributed by atoms with van der Waals surface area (Å²) in [7, 11) is 0. The summed E-state index contributed by atoms with van der Waals surface area (Å²) in [4.78, 5) is 52.1. The molecule has 1 aliphatic carbocycles. The Hall–Kier alpha value is -4.54. The molecule has 2 N–H and O–H groups in total. The molecule has 0 bridgehead atoms. The van der Waals surface area contributed by atoms with Gasteiger partial charge in [-0.05, 0) is 78.8 Å². The molecule has 1 atom stereocenters. The number of anilines is 1. The highest BCUT2D eigenvalue weighted by atomic mass is 35.5. The first-order valence-electron chi connectivity index (χ1n) is 13.7. The first-order chi connectivity index (χ1) is 20.7. The fourth-order valence-corrected chi connectivity index (χ4v) is 6.39. The van der Waals surface area contributed by atoms with Crippen molar-refractivity contribution in [1.29, 1.82) is 0 Å². The number of hydrazone groups is 1. The summed E-state index contributed by atoms with van der Waals surface area (Å²) >= 11 is 7.22. The summed E-state index contributed by atoms with van der Waals surface area (Å²) in [5, 5.41) is 8.89. The van der Waals surface area contributed by atoms with Crippen LogP contribution in [0.5, 0.6) is 5.75 Å². The monoisotopic (exact) mass is 617 g/mol. The van der Waals surface area contributed by atoms with Crippen LogP contribution in [0.3, 0.4) is 0 Å². The molecule has 1 aliphatic rings. The van der Waals surface area contributed by atoms with E-state index in [1.165, 1.54) is 17.6 Å². The highest BCUT2D eigenvalue weighted by Crippen LogP contribution is 2.40. The third kappa shape index (κ3) is 6.76. The normalized spacial score (nSPS) is 14.3. The number of esters is 2. The Labute approximate surface area is 256 Å². The molecule has 220 valence electrons. The van der Waals surface area contributed by atoms with Gasteiger partial charge in [0.2, 0.25) is 0 Å². The van der Waals surface area contributed by atoms with E-state index in [2.05, 4.69) is 22.8 Å². The van der Waals surface area contributed by atoms with Gasteiger partial charge in [-0.3, -0.25) is 9.59 Å². The molecule has 3 aromatic carbocycles. The summed E-state index contributed by atoms with van der Waals surface area (Å²) in [5.41, 5.74) is 4.13. The standard InChI is InChI=1S/C32H28ClN3O6S/c1-3-41-32(40)27-23-14-8-18(2)16-26(23)43-30(27)35-28(37)29(38)36-34-17-24-22-7-5-4-6-19(22)11-15-25(24)42-31(39)20-9-12-21(33)13-10-20/h4-7,9-13,15,17-18H,3,8,14,16H2,1-2H3,(H,35,37)(H,36,38). The predicted molar refractivity (Wildman–Crippen MR) is 166 cm³/mol. The van der Waals surface area contributed by atoms with E-state index in [-0.39, 0.29) is 17.4 Å². The second-order valence-electron chi connectivity index (χ2n) is 10.0. The van der Waals surface area contributed by atoms with Gasteiger partial charge in [-0.2, -0.15) is 5.10 Å². The molecule has 9 nitrogen and oxygen atoms in total. The number of benzene rings is 3. The van der Waals surface area contributed by atoms with Gasteiger partial charge < -0.3 is 14.8 Å². The molecule has 0 radical (unpaired) electrons. The van der Waals surface area contributed by atoms with Gasteiger partial charge in [0.05, 0.1) is 23.9 Å². The Morgan fingerprint density at radius 1 is 1.02 bits per heavy atom. The zero-order valence-electron chi connectivity index (χ0n) is 23.4. The molecule has 0 saturated heterocycles. The van der Waals surface area contributed by atoms with E-state index in [9.17, 15) is 19.2 Å². The zero-order chi connectivity index (χ0) is 30.5. The van der Waals surface area contributed by atoms with Crippen molar-refractivity contribution in [3.63, 3.8) is 0 Å². The average molecular weight is 618 g/mol. The molecule has 0 aliphatic heterocycles. The summed E-state index contributed by atoms with van der Waals surface area (Å²) < 4.78 is 10.9. The molecule has 0 saturated carbocycles. The van der Waals surface area contributed by atoms with Crippen LogP contribution in [0.15, 0.2) is 65.8 Å². The van der Waals surface area contributed by atoms with Gasteiger partial charge in [-0.1, -0.05) is 48.9 Å². The molecule has 11 heteroatoms. The second kappa shape index (κ2) is 13.2. The molecule has 1 unspecified atom stereocenters. The number of carbonyl (C=O) groups is 4. The van der Waals surface area contributed by atoms with Crippen molar-refractivity contribution in [1.82, 2.24) is 5.43 Å². The second-order valence-corrected chi connectivity index (χ2v) is 11.6. The number of nitrogens with zero attached hydrogens (tertiary/aromatic N) is 1. The van der Waals surface area contributed by atoms with Crippen LogP contribution in [0.1, 0.15) is 57.0 Å². The minimum Gasteiger partial charge on any atom is -0.462 e. The quantitative estimate of drug-likeness (QED) is 0.0841. The Bertz CT molecular complexity index is 1750. The van der Waals surface area contributed by atoms with E-state index in [0.29, 0.717) is 39.4 Å². The molecule has 43 heavy (non-hydrogen) atoms. The van der Waals surface area contributed by atoms with E-state index in [1.807, 2.05) is 24.3 Å². The number of hydrogen-bond donors (Lipinski definition) is 2. The van der Waals surface area contributed by atoms with Crippen LogP contribution in [0.2, 0.25) is 5.02 Å². The maximum absolute atomic E-state index is 12.8. The molecule has 1 heterocycles. The van der Waals surface area contributed by atoms with Gasteiger partial charge in [-0.25, -0.2) is 15.0 Å². The van der Waals surface area contributed by atoms with E-state index in [4.69, 9.17) is 21.1 Å². The summed E-state index contributed by atoms with van der Waals surface area (Å²) in [6, 6.07) is 17.1. The highest BCUT2D eigenvalue weighted by molar-refractivity contribution is 7.17. The van der Waals surface area contributed by atoms with Crippen molar-refractivity contribution in [3.8, 4) is 5.75 Å². The van der Waals surface area contributed by atoms with E-state index < -0.39 is 23.8 Å². The first kappa shape index (κ1) is 29.9. The van der Waals surface area contributed by atoms with Crippen molar-refractivity contribution >= 4 is 68.7 Å². The zero-order valence-corrected chi connectivity index (χ0v) is 25.0. The first-order valence-corrected chi connectivity index (χ1v) is 14.9. The number of rotatable bonds is 7. The Balaban J connectivity index is 1.34. The van der Waals surface area contributed by atoms with Crippen LogP contribution in [0.4, 0.5) is 5.00 Å². The lowest BCUT2D eigenvalue weighted by atomic mass is 9.88. The highest BCUT2D eigenvalue weighted by Gasteiger charge is 2.30. The van der Waals surface area contributed by atoms with Crippen LogP contribution in [0.25, 0.3) is 10.8 Å². The van der Waals surface area contributed by atoms with E-state index >= 15 is 0 Å². The number of fused-ring (bicyclic) bond motifs is 2. The van der Waals surface area contributed by atoms with Crippen molar-refractivity contribution < 1.29 is 28.7 Å². The molecular formula is C32H28ClN3O6S. The molecule has 1 aromatic heterocycles. The maximum Gasteiger partial charge on any atom is 0.343 e. The largest absolute Gasteiger partial charge is 0.462 e. The van der Waals surface area contributed by atoms with Gasteiger partial charge in [0.1, 0.15) is 10.8 Å². The number of thiophene rings is 1. The number of ether oxygens (including phenoxy) is 2. The molecular weight excluding hydrogens is 590 g/mol. The van der Waals surface area contributed by atoms with Crippen LogP contribution in [-0.4, -0.2) is 36.6 Å². The van der Waals surface area contributed by atoms with Crippen LogP contribution in [0, 0.1) is 5.92 Å². The maximum atomic E-state index is 12.8. The van der Waals surface area contributed by atoms with Gasteiger partial charge in [0.25, 0.3) is 0 Å². The van der Waals surface area contributed by atoms with Gasteiger partial charge in [0, 0.05) is 15.5 Å². The molecule has 2 amide bonds. The number of hydrogen-bond acceptors (Lipinski definition) is 8. The predicted octanol–water partition coefficient (Wildman–Crippen LogP) is 6.16. The molecule has 4 aromatic rings. The van der Waals surface area contributed by atoms with E-state index in [1.54, 1.807) is 43.3 Å². The molecule has 0 spiro atoms. The Morgan fingerprint density at radius 2 is 1.79 bits per heavy atom. The molecule has 0 fully saturated rings.